The van der Waals surface area contributed by atoms with Crippen LogP contribution in [0.2, 0.25) is 0 Å². The average Bonchev–Trinajstić information content (AvgIpc) is 2.60. The van der Waals surface area contributed by atoms with Crippen molar-refractivity contribution < 1.29 is 14.7 Å². The van der Waals surface area contributed by atoms with Crippen LogP contribution < -0.4 is 16.6 Å². The van der Waals surface area contributed by atoms with Crippen LogP contribution in [0.25, 0.3) is 11.0 Å². The summed E-state index contributed by atoms with van der Waals surface area (Å²) in [6, 6.07) is 0.309. The molecule has 0 saturated heterocycles. The molecule has 25 heavy (non-hydrogen) atoms. The van der Waals surface area contributed by atoms with Crippen molar-refractivity contribution in [1.82, 2.24) is 19.4 Å². The number of hydrogen-bond acceptors (Lipinski definition) is 5. The number of carbonyl (C=O) groups is 2. The zero-order valence-corrected chi connectivity index (χ0v) is 14.3. The number of carboxylic acids is 1. The van der Waals surface area contributed by atoms with E-state index in [9.17, 15) is 24.3 Å². The van der Waals surface area contributed by atoms with E-state index < -0.39 is 29.2 Å². The Kier molecular flexibility index (Phi) is 5.35. The number of fused-ring (bicyclic) bond motifs is 1. The molecule has 2 N–H and O–H groups in total. The molecule has 1 unspecified atom stereocenters. The predicted octanol–water partition coefficient (Wildman–Crippen LogP) is 0.00540. The number of amides is 1. The Labute approximate surface area is 142 Å². The maximum atomic E-state index is 12.3. The van der Waals surface area contributed by atoms with Crippen LogP contribution in [0.4, 0.5) is 0 Å². The van der Waals surface area contributed by atoms with Crippen LogP contribution in [0.15, 0.2) is 21.9 Å². The number of nitrogens with zero attached hydrogens (tertiary/aromatic N) is 3. The van der Waals surface area contributed by atoms with E-state index in [1.807, 2.05) is 6.92 Å². The van der Waals surface area contributed by atoms with Crippen molar-refractivity contribution in [2.45, 2.75) is 32.2 Å². The van der Waals surface area contributed by atoms with Crippen molar-refractivity contribution in [3.8, 4) is 0 Å². The number of nitrogens with one attached hydrogen (secondary N) is 1. The molecule has 9 nitrogen and oxygen atoms in total. The Morgan fingerprint density at radius 1 is 1.28 bits per heavy atom. The van der Waals surface area contributed by atoms with Crippen LogP contribution in [0, 0.1) is 0 Å². The molecule has 2 rings (SSSR count). The van der Waals surface area contributed by atoms with Crippen molar-refractivity contribution in [2.24, 2.45) is 14.1 Å². The fraction of sp³-hybridized carbons (Fsp3) is 0.438. The first-order chi connectivity index (χ1) is 11.8. The molecule has 134 valence electrons. The van der Waals surface area contributed by atoms with Gasteiger partial charge in [0.1, 0.15) is 11.7 Å². The largest absolute Gasteiger partial charge is 0.480 e. The van der Waals surface area contributed by atoms with Crippen molar-refractivity contribution >= 4 is 22.9 Å². The van der Waals surface area contributed by atoms with Gasteiger partial charge in [-0.3, -0.25) is 18.7 Å². The van der Waals surface area contributed by atoms with E-state index in [2.05, 4.69) is 10.3 Å². The van der Waals surface area contributed by atoms with E-state index in [0.29, 0.717) is 12.8 Å². The minimum absolute atomic E-state index is 0.0611. The SMILES string of the molecule is CCCCC(NC(=O)c1cnc2c(c1)c(=O)n(C)c(=O)n2C)C(=O)O. The summed E-state index contributed by atoms with van der Waals surface area (Å²) in [5.74, 6) is -1.75. The van der Waals surface area contributed by atoms with Crippen molar-refractivity contribution in [3.05, 3.63) is 38.7 Å². The molecule has 1 amide bonds. The quantitative estimate of drug-likeness (QED) is 0.758. The number of unbranched alkanes of at least 4 members (excludes halogenated alkanes) is 1. The highest BCUT2D eigenvalue weighted by Gasteiger charge is 2.21. The lowest BCUT2D eigenvalue weighted by Crippen LogP contribution is -2.41. The van der Waals surface area contributed by atoms with E-state index in [-0.39, 0.29) is 16.6 Å². The van der Waals surface area contributed by atoms with Gasteiger partial charge in [0, 0.05) is 20.3 Å². The molecule has 0 radical (unpaired) electrons. The lowest BCUT2D eigenvalue weighted by Gasteiger charge is -2.14. The van der Waals surface area contributed by atoms with Gasteiger partial charge in [0.05, 0.1) is 10.9 Å². The number of aliphatic carboxylic acids is 1. The van der Waals surface area contributed by atoms with Gasteiger partial charge in [-0.25, -0.2) is 14.6 Å². The van der Waals surface area contributed by atoms with E-state index in [4.69, 9.17) is 0 Å². The molecule has 9 heteroatoms. The Balaban J connectivity index is 2.41. The maximum Gasteiger partial charge on any atom is 0.332 e. The van der Waals surface area contributed by atoms with Gasteiger partial charge in [0.2, 0.25) is 0 Å². The van der Waals surface area contributed by atoms with E-state index in [0.717, 1.165) is 11.0 Å². The molecule has 2 heterocycles. The molecule has 0 aliphatic carbocycles. The Morgan fingerprint density at radius 3 is 2.56 bits per heavy atom. The fourth-order valence-electron chi connectivity index (χ4n) is 2.50. The van der Waals surface area contributed by atoms with Crippen molar-refractivity contribution in [1.29, 1.82) is 0 Å². The van der Waals surface area contributed by atoms with Crippen LogP contribution >= 0.6 is 0 Å². The summed E-state index contributed by atoms with van der Waals surface area (Å²) >= 11 is 0. The molecule has 0 saturated carbocycles. The second-order valence-corrected chi connectivity index (χ2v) is 5.81. The molecule has 0 spiro atoms. The highest BCUT2D eigenvalue weighted by Crippen LogP contribution is 2.09. The smallest absolute Gasteiger partial charge is 0.332 e. The van der Waals surface area contributed by atoms with Gasteiger partial charge >= 0.3 is 11.7 Å². The molecule has 0 aliphatic heterocycles. The van der Waals surface area contributed by atoms with E-state index in [1.165, 1.54) is 30.9 Å². The molecule has 1 atom stereocenters. The summed E-state index contributed by atoms with van der Waals surface area (Å²) in [5.41, 5.74) is -0.870. The second-order valence-electron chi connectivity index (χ2n) is 5.81. The van der Waals surface area contributed by atoms with Crippen LogP contribution in [0.1, 0.15) is 36.5 Å². The highest BCUT2D eigenvalue weighted by atomic mass is 16.4. The maximum absolute atomic E-state index is 12.3. The summed E-state index contributed by atoms with van der Waals surface area (Å²) in [6.45, 7) is 1.92. The first-order valence-corrected chi connectivity index (χ1v) is 7.87. The van der Waals surface area contributed by atoms with Gasteiger partial charge < -0.3 is 10.4 Å². The first-order valence-electron chi connectivity index (χ1n) is 7.87. The molecule has 0 aliphatic rings. The van der Waals surface area contributed by atoms with Crippen LogP contribution in [0.3, 0.4) is 0 Å². The number of rotatable bonds is 6. The van der Waals surface area contributed by atoms with Gasteiger partial charge in [-0.15, -0.1) is 0 Å². The summed E-state index contributed by atoms with van der Waals surface area (Å²) in [7, 11) is 2.81. The second kappa shape index (κ2) is 7.29. The lowest BCUT2D eigenvalue weighted by atomic mass is 10.1. The first kappa shape index (κ1) is 18.4. The Bertz CT molecular complexity index is 944. The number of pyridine rings is 1. The summed E-state index contributed by atoms with van der Waals surface area (Å²) in [6.07, 6.45) is 3.00. The normalized spacial score (nSPS) is 12.1. The topological polar surface area (TPSA) is 123 Å². The summed E-state index contributed by atoms with van der Waals surface area (Å²) in [4.78, 5) is 51.7. The number of aryl methyl sites for hydroxylation is 1. The van der Waals surface area contributed by atoms with Crippen LogP contribution in [-0.4, -0.2) is 37.1 Å². The van der Waals surface area contributed by atoms with Gasteiger partial charge in [0.15, 0.2) is 0 Å². The van der Waals surface area contributed by atoms with Gasteiger partial charge in [-0.05, 0) is 12.5 Å². The summed E-state index contributed by atoms with van der Waals surface area (Å²) in [5, 5.41) is 11.7. The van der Waals surface area contributed by atoms with Gasteiger partial charge in [-0.1, -0.05) is 19.8 Å². The minimum Gasteiger partial charge on any atom is -0.480 e. The molecule has 2 aromatic rings. The third-order valence-corrected chi connectivity index (χ3v) is 4.01. The Hall–Kier alpha value is -2.97. The van der Waals surface area contributed by atoms with Gasteiger partial charge in [0.25, 0.3) is 11.5 Å². The third kappa shape index (κ3) is 3.59. The molecule has 0 fully saturated rings. The summed E-state index contributed by atoms with van der Waals surface area (Å²) < 4.78 is 2.13. The van der Waals surface area contributed by atoms with E-state index in [1.54, 1.807) is 0 Å². The molecule has 0 bridgehead atoms. The van der Waals surface area contributed by atoms with Crippen LogP contribution in [0.5, 0.6) is 0 Å². The number of carboxylic acid groups (broad SMARTS) is 1. The fourth-order valence-corrected chi connectivity index (χ4v) is 2.50. The lowest BCUT2D eigenvalue weighted by molar-refractivity contribution is -0.139. The number of hydrogen-bond donors (Lipinski definition) is 2. The third-order valence-electron chi connectivity index (χ3n) is 4.01. The van der Waals surface area contributed by atoms with Crippen LogP contribution in [-0.2, 0) is 18.9 Å². The zero-order chi connectivity index (χ0) is 18.7. The zero-order valence-electron chi connectivity index (χ0n) is 14.3. The molecule has 2 aromatic heterocycles. The average molecular weight is 348 g/mol. The van der Waals surface area contributed by atoms with Crippen molar-refractivity contribution in [2.75, 3.05) is 0 Å². The molecule has 0 aromatic carbocycles. The number of aromatic nitrogens is 3. The molecular weight excluding hydrogens is 328 g/mol. The minimum atomic E-state index is -1.12. The predicted molar refractivity (Wildman–Crippen MR) is 90.6 cm³/mol. The monoisotopic (exact) mass is 348 g/mol. The van der Waals surface area contributed by atoms with Gasteiger partial charge in [-0.2, -0.15) is 0 Å². The standard InChI is InChI=1S/C16H20N4O5/c1-4-5-6-11(15(23)24)18-13(21)9-7-10-12(17-8-9)19(2)16(25)20(3)14(10)22/h7-8,11H,4-6H2,1-3H3,(H,18,21)(H,23,24). The van der Waals surface area contributed by atoms with E-state index >= 15 is 0 Å². The highest BCUT2D eigenvalue weighted by molar-refractivity contribution is 5.98. The number of carbonyl (C=O) groups excluding carboxylic acids is 1. The Morgan fingerprint density at radius 2 is 1.96 bits per heavy atom. The van der Waals surface area contributed by atoms with Crippen molar-refractivity contribution in [3.63, 3.8) is 0 Å². The molecular formula is C16H20N4O5.